The van der Waals surface area contributed by atoms with Crippen molar-refractivity contribution < 1.29 is 18.0 Å². The van der Waals surface area contributed by atoms with Gasteiger partial charge < -0.3 is 10.2 Å². The molecule has 3 rings (SSSR count). The van der Waals surface area contributed by atoms with Crippen LogP contribution in [0.2, 0.25) is 0 Å². The number of sulfonamides is 1. The fourth-order valence-electron chi connectivity index (χ4n) is 3.66. The molecule has 0 radical (unpaired) electrons. The highest BCUT2D eigenvalue weighted by Crippen LogP contribution is 2.17. The Morgan fingerprint density at radius 2 is 1.66 bits per heavy atom. The van der Waals surface area contributed by atoms with Gasteiger partial charge in [-0.25, -0.2) is 8.42 Å². The van der Waals surface area contributed by atoms with Crippen molar-refractivity contribution in [2.75, 3.05) is 52.4 Å². The standard InChI is InChI=1S/C22H30N4O4S2/c1-3-26(4-2)32(29,30)20-7-5-18(6-8-20)22(28)25-14-12-24(13-15-25)11-10-23-21(27)19-9-16-31-17-19/h5-9,16-17H,3-4,10-15H2,1-2H3,(H,23,27). The first-order valence-corrected chi connectivity index (χ1v) is 13.2. The summed E-state index contributed by atoms with van der Waals surface area (Å²) in [5.41, 5.74) is 1.17. The third kappa shape index (κ3) is 5.74. The number of piperazine rings is 1. The highest BCUT2D eigenvalue weighted by Gasteiger charge is 2.24. The third-order valence-corrected chi connectivity index (χ3v) is 8.35. The van der Waals surface area contributed by atoms with E-state index in [0.717, 1.165) is 19.6 Å². The number of hydrogen-bond acceptors (Lipinski definition) is 6. The maximum Gasteiger partial charge on any atom is 0.253 e. The minimum Gasteiger partial charge on any atom is -0.351 e. The second-order valence-electron chi connectivity index (χ2n) is 7.52. The second kappa shape index (κ2) is 11.0. The maximum atomic E-state index is 12.8. The molecular formula is C22H30N4O4S2. The minimum absolute atomic E-state index is 0.0634. The molecule has 174 valence electrons. The predicted molar refractivity (Wildman–Crippen MR) is 126 cm³/mol. The van der Waals surface area contributed by atoms with Gasteiger partial charge in [-0.05, 0) is 35.7 Å². The second-order valence-corrected chi connectivity index (χ2v) is 10.2. The molecule has 0 spiro atoms. The predicted octanol–water partition coefficient (Wildman–Crippen LogP) is 1.97. The summed E-state index contributed by atoms with van der Waals surface area (Å²) in [6, 6.07) is 7.99. The Morgan fingerprint density at radius 1 is 1.00 bits per heavy atom. The van der Waals surface area contributed by atoms with Gasteiger partial charge in [0, 0.05) is 68.9 Å². The van der Waals surface area contributed by atoms with Crippen LogP contribution in [0.5, 0.6) is 0 Å². The summed E-state index contributed by atoms with van der Waals surface area (Å²) in [7, 11) is -3.53. The van der Waals surface area contributed by atoms with Crippen LogP contribution in [0.1, 0.15) is 34.6 Å². The third-order valence-electron chi connectivity index (χ3n) is 5.60. The Labute approximate surface area is 193 Å². The van der Waals surface area contributed by atoms with Gasteiger partial charge in [-0.1, -0.05) is 13.8 Å². The zero-order valence-corrected chi connectivity index (χ0v) is 20.1. The molecule has 1 aliphatic heterocycles. The minimum atomic E-state index is -3.53. The van der Waals surface area contributed by atoms with Gasteiger partial charge in [-0.2, -0.15) is 15.6 Å². The largest absolute Gasteiger partial charge is 0.351 e. The van der Waals surface area contributed by atoms with Crippen LogP contribution >= 0.6 is 11.3 Å². The van der Waals surface area contributed by atoms with Gasteiger partial charge in [-0.3, -0.25) is 14.5 Å². The number of carbonyl (C=O) groups is 2. The molecule has 1 N–H and O–H groups in total. The van der Waals surface area contributed by atoms with Crippen molar-refractivity contribution >= 4 is 33.2 Å². The van der Waals surface area contributed by atoms with Crippen LogP contribution in [-0.2, 0) is 10.0 Å². The summed E-state index contributed by atoms with van der Waals surface area (Å²) in [6.45, 7) is 8.35. The van der Waals surface area contributed by atoms with Crippen molar-refractivity contribution in [2.45, 2.75) is 18.7 Å². The Kier molecular flexibility index (Phi) is 8.41. The molecule has 2 aromatic rings. The van der Waals surface area contributed by atoms with Gasteiger partial charge in [0.1, 0.15) is 0 Å². The van der Waals surface area contributed by atoms with Crippen molar-refractivity contribution in [2.24, 2.45) is 0 Å². The Balaban J connectivity index is 1.48. The van der Waals surface area contributed by atoms with Crippen molar-refractivity contribution in [1.29, 1.82) is 0 Å². The number of nitrogens with one attached hydrogen (secondary N) is 1. The van der Waals surface area contributed by atoms with Crippen molar-refractivity contribution in [3.8, 4) is 0 Å². The molecule has 0 aliphatic carbocycles. The van der Waals surface area contributed by atoms with Gasteiger partial charge in [0.05, 0.1) is 4.90 Å². The Morgan fingerprint density at radius 3 is 2.22 bits per heavy atom. The SMILES string of the molecule is CCN(CC)S(=O)(=O)c1ccc(C(=O)N2CCN(CCNC(=O)c3ccsc3)CC2)cc1. The molecule has 1 saturated heterocycles. The van der Waals surface area contributed by atoms with E-state index in [2.05, 4.69) is 10.2 Å². The first-order chi connectivity index (χ1) is 15.4. The number of carbonyl (C=O) groups excluding carboxylic acids is 2. The van der Waals surface area contributed by atoms with E-state index >= 15 is 0 Å². The number of amides is 2. The molecule has 10 heteroatoms. The summed E-state index contributed by atoms with van der Waals surface area (Å²) >= 11 is 1.49. The van der Waals surface area contributed by atoms with Gasteiger partial charge >= 0.3 is 0 Å². The topological polar surface area (TPSA) is 90.0 Å². The van der Waals surface area contributed by atoms with Crippen LogP contribution in [0.15, 0.2) is 46.0 Å². The molecular weight excluding hydrogens is 448 g/mol. The van der Waals surface area contributed by atoms with E-state index < -0.39 is 10.0 Å². The number of benzene rings is 1. The molecule has 32 heavy (non-hydrogen) atoms. The Hall–Kier alpha value is -2.27. The maximum absolute atomic E-state index is 12.8. The van der Waals surface area contributed by atoms with E-state index in [0.29, 0.717) is 43.9 Å². The summed E-state index contributed by atoms with van der Waals surface area (Å²) in [6.07, 6.45) is 0. The Bertz CT molecular complexity index is 995. The zero-order chi connectivity index (χ0) is 23.1. The smallest absolute Gasteiger partial charge is 0.253 e. The number of hydrogen-bond donors (Lipinski definition) is 1. The normalized spacial score (nSPS) is 15.2. The highest BCUT2D eigenvalue weighted by atomic mass is 32.2. The lowest BCUT2D eigenvalue weighted by atomic mass is 10.2. The van der Waals surface area contributed by atoms with Crippen LogP contribution in [0.4, 0.5) is 0 Å². The molecule has 0 saturated carbocycles. The lowest BCUT2D eigenvalue weighted by Gasteiger charge is -2.34. The van der Waals surface area contributed by atoms with E-state index in [9.17, 15) is 18.0 Å². The van der Waals surface area contributed by atoms with Gasteiger partial charge in [0.2, 0.25) is 10.0 Å². The average molecular weight is 479 g/mol. The van der Waals surface area contributed by atoms with Gasteiger partial charge in [0.15, 0.2) is 0 Å². The molecule has 1 aromatic carbocycles. The number of nitrogens with zero attached hydrogens (tertiary/aromatic N) is 3. The molecule has 1 aromatic heterocycles. The zero-order valence-electron chi connectivity index (χ0n) is 18.5. The molecule has 1 fully saturated rings. The number of rotatable bonds is 9. The van der Waals surface area contributed by atoms with Crippen LogP contribution in [0.25, 0.3) is 0 Å². The summed E-state index contributed by atoms with van der Waals surface area (Å²) < 4.78 is 26.6. The van der Waals surface area contributed by atoms with Gasteiger partial charge in [0.25, 0.3) is 11.8 Å². The lowest BCUT2D eigenvalue weighted by Crippen LogP contribution is -2.50. The van der Waals surface area contributed by atoms with Crippen LogP contribution in [-0.4, -0.2) is 86.7 Å². The summed E-state index contributed by atoms with van der Waals surface area (Å²) in [4.78, 5) is 29.0. The van der Waals surface area contributed by atoms with E-state index in [1.165, 1.54) is 27.8 Å². The first-order valence-electron chi connectivity index (χ1n) is 10.8. The molecule has 0 bridgehead atoms. The summed E-state index contributed by atoms with van der Waals surface area (Å²) in [5, 5.41) is 6.62. The average Bonchev–Trinajstić information content (AvgIpc) is 3.35. The molecule has 2 heterocycles. The van der Waals surface area contributed by atoms with Gasteiger partial charge in [-0.15, -0.1) is 0 Å². The van der Waals surface area contributed by atoms with E-state index in [1.807, 2.05) is 10.8 Å². The molecule has 0 atom stereocenters. The molecule has 1 aliphatic rings. The van der Waals surface area contributed by atoms with E-state index in [1.54, 1.807) is 36.9 Å². The van der Waals surface area contributed by atoms with Crippen molar-refractivity contribution in [1.82, 2.24) is 19.4 Å². The van der Waals surface area contributed by atoms with Crippen LogP contribution in [0, 0.1) is 0 Å². The molecule has 2 amide bonds. The first kappa shape index (κ1) is 24.4. The number of thiophene rings is 1. The van der Waals surface area contributed by atoms with Crippen LogP contribution < -0.4 is 5.32 Å². The monoisotopic (exact) mass is 478 g/mol. The van der Waals surface area contributed by atoms with Crippen molar-refractivity contribution in [3.05, 3.63) is 52.2 Å². The van der Waals surface area contributed by atoms with E-state index in [4.69, 9.17) is 0 Å². The fourth-order valence-corrected chi connectivity index (χ4v) is 5.76. The van der Waals surface area contributed by atoms with Crippen molar-refractivity contribution in [3.63, 3.8) is 0 Å². The quantitative estimate of drug-likeness (QED) is 0.595. The fraction of sp³-hybridized carbons (Fsp3) is 0.455. The van der Waals surface area contributed by atoms with Crippen LogP contribution in [0.3, 0.4) is 0 Å². The molecule has 8 nitrogen and oxygen atoms in total. The molecule has 0 unspecified atom stereocenters. The van der Waals surface area contributed by atoms with E-state index in [-0.39, 0.29) is 16.7 Å². The highest BCUT2D eigenvalue weighted by molar-refractivity contribution is 7.89. The lowest BCUT2D eigenvalue weighted by molar-refractivity contribution is 0.0638. The summed E-state index contributed by atoms with van der Waals surface area (Å²) in [5.74, 6) is -0.159.